The smallest absolute Gasteiger partial charge is 0.264 e. The number of benzene rings is 3. The van der Waals surface area contributed by atoms with E-state index in [1.54, 1.807) is 24.3 Å². The van der Waals surface area contributed by atoms with Crippen molar-refractivity contribution in [3.05, 3.63) is 95.8 Å². The zero-order chi connectivity index (χ0) is 17.9. The Labute approximate surface area is 145 Å². The highest BCUT2D eigenvalue weighted by Crippen LogP contribution is 2.20. The molecule has 3 aromatic rings. The highest BCUT2D eigenvalue weighted by molar-refractivity contribution is 7.92. The van der Waals surface area contributed by atoms with Crippen molar-refractivity contribution in [3.63, 3.8) is 0 Å². The van der Waals surface area contributed by atoms with Crippen molar-refractivity contribution in [1.82, 2.24) is 0 Å². The Morgan fingerprint density at radius 3 is 1.96 bits per heavy atom. The van der Waals surface area contributed by atoms with E-state index in [1.165, 1.54) is 42.5 Å². The Bertz CT molecular complexity index is 1000. The molecular formula is C19H14FNO3S. The van der Waals surface area contributed by atoms with Crippen LogP contribution in [-0.2, 0) is 10.0 Å². The molecule has 0 bridgehead atoms. The predicted octanol–water partition coefficient (Wildman–Crippen LogP) is 3.86. The summed E-state index contributed by atoms with van der Waals surface area (Å²) in [6.45, 7) is 0. The molecule has 1 N–H and O–H groups in total. The van der Waals surface area contributed by atoms with Gasteiger partial charge in [0, 0.05) is 16.8 Å². The minimum Gasteiger partial charge on any atom is -0.289 e. The van der Waals surface area contributed by atoms with Crippen LogP contribution >= 0.6 is 0 Å². The van der Waals surface area contributed by atoms with Crippen LogP contribution in [0.25, 0.3) is 0 Å². The molecule has 0 aliphatic carbocycles. The van der Waals surface area contributed by atoms with Gasteiger partial charge in [-0.15, -0.1) is 0 Å². The van der Waals surface area contributed by atoms with Gasteiger partial charge in [-0.05, 0) is 36.4 Å². The Balaban J connectivity index is 1.82. The zero-order valence-electron chi connectivity index (χ0n) is 13.0. The van der Waals surface area contributed by atoms with Gasteiger partial charge in [0.05, 0.1) is 0 Å². The molecule has 0 atom stereocenters. The Hall–Kier alpha value is -2.99. The van der Waals surface area contributed by atoms with Crippen LogP contribution in [0.5, 0.6) is 0 Å². The second-order valence-electron chi connectivity index (χ2n) is 5.31. The lowest BCUT2D eigenvalue weighted by atomic mass is 10.0. The van der Waals surface area contributed by atoms with Crippen molar-refractivity contribution >= 4 is 21.5 Å². The van der Waals surface area contributed by atoms with E-state index in [1.807, 2.05) is 6.07 Å². The normalized spacial score (nSPS) is 11.1. The number of anilines is 1. The standard InChI is InChI=1S/C19H14FNO3S/c20-17-8-4-5-9-18(17)25(23,24)21-16-12-10-15(11-13-16)19(22)14-6-2-1-3-7-14/h1-13,21H. The number of nitrogens with one attached hydrogen (secondary N) is 1. The average molecular weight is 355 g/mol. The third-order valence-electron chi connectivity index (χ3n) is 3.56. The molecule has 3 rings (SSSR count). The van der Waals surface area contributed by atoms with Gasteiger partial charge >= 0.3 is 0 Å². The first kappa shape index (κ1) is 16.9. The highest BCUT2D eigenvalue weighted by atomic mass is 32.2. The van der Waals surface area contributed by atoms with Crippen molar-refractivity contribution in [2.75, 3.05) is 4.72 Å². The molecule has 0 saturated carbocycles. The third-order valence-corrected chi connectivity index (χ3v) is 4.98. The average Bonchev–Trinajstić information content (AvgIpc) is 2.62. The molecule has 0 radical (unpaired) electrons. The van der Waals surface area contributed by atoms with Gasteiger partial charge < -0.3 is 0 Å². The first-order valence-corrected chi connectivity index (χ1v) is 8.93. The van der Waals surface area contributed by atoms with Gasteiger partial charge in [0.1, 0.15) is 10.7 Å². The van der Waals surface area contributed by atoms with E-state index in [0.717, 1.165) is 6.07 Å². The summed E-state index contributed by atoms with van der Waals surface area (Å²) in [6, 6.07) is 19.9. The fourth-order valence-electron chi connectivity index (χ4n) is 2.32. The van der Waals surface area contributed by atoms with E-state index in [9.17, 15) is 17.6 Å². The monoisotopic (exact) mass is 355 g/mol. The minimum atomic E-state index is -4.04. The van der Waals surface area contributed by atoms with Crippen LogP contribution < -0.4 is 4.72 Å². The van der Waals surface area contributed by atoms with Gasteiger partial charge in [-0.2, -0.15) is 0 Å². The van der Waals surface area contributed by atoms with Crippen LogP contribution in [-0.4, -0.2) is 14.2 Å². The van der Waals surface area contributed by atoms with Crippen molar-refractivity contribution in [3.8, 4) is 0 Å². The fourth-order valence-corrected chi connectivity index (χ4v) is 3.46. The summed E-state index contributed by atoms with van der Waals surface area (Å²) in [5.41, 5.74) is 1.22. The summed E-state index contributed by atoms with van der Waals surface area (Å²) in [7, 11) is -4.04. The molecule has 6 heteroatoms. The van der Waals surface area contributed by atoms with Gasteiger partial charge in [0.2, 0.25) is 0 Å². The van der Waals surface area contributed by atoms with E-state index in [0.29, 0.717) is 11.1 Å². The summed E-state index contributed by atoms with van der Waals surface area (Å²) in [5, 5.41) is 0. The fraction of sp³-hybridized carbons (Fsp3) is 0. The van der Waals surface area contributed by atoms with Gasteiger partial charge in [-0.3, -0.25) is 9.52 Å². The SMILES string of the molecule is O=C(c1ccccc1)c1ccc(NS(=O)(=O)c2ccccc2F)cc1. The molecule has 126 valence electrons. The van der Waals surface area contributed by atoms with Crippen LogP contribution in [0, 0.1) is 5.82 Å². The molecule has 3 aromatic carbocycles. The van der Waals surface area contributed by atoms with Crippen molar-refractivity contribution < 1.29 is 17.6 Å². The van der Waals surface area contributed by atoms with E-state index in [4.69, 9.17) is 0 Å². The largest absolute Gasteiger partial charge is 0.289 e. The Morgan fingerprint density at radius 2 is 1.32 bits per heavy atom. The number of ketones is 1. The molecule has 0 fully saturated rings. The Kier molecular flexibility index (Phi) is 4.63. The second kappa shape index (κ2) is 6.86. The second-order valence-corrected chi connectivity index (χ2v) is 6.96. The molecular weight excluding hydrogens is 341 g/mol. The van der Waals surface area contributed by atoms with Crippen molar-refractivity contribution in [1.29, 1.82) is 0 Å². The number of carbonyl (C=O) groups is 1. The molecule has 0 amide bonds. The predicted molar refractivity (Wildman–Crippen MR) is 93.5 cm³/mol. The van der Waals surface area contributed by atoms with Crippen molar-refractivity contribution in [2.24, 2.45) is 0 Å². The van der Waals surface area contributed by atoms with Crippen LogP contribution in [0.15, 0.2) is 83.8 Å². The summed E-state index contributed by atoms with van der Waals surface area (Å²) < 4.78 is 40.5. The number of hydrogen-bond donors (Lipinski definition) is 1. The molecule has 0 aliphatic rings. The number of sulfonamides is 1. The summed E-state index contributed by atoms with van der Waals surface area (Å²) >= 11 is 0. The maximum absolute atomic E-state index is 13.7. The van der Waals surface area contributed by atoms with Gasteiger partial charge in [-0.25, -0.2) is 12.8 Å². The molecule has 0 spiro atoms. The molecule has 0 unspecified atom stereocenters. The topological polar surface area (TPSA) is 63.2 Å². The quantitative estimate of drug-likeness (QED) is 0.707. The zero-order valence-corrected chi connectivity index (χ0v) is 13.8. The number of hydrogen-bond acceptors (Lipinski definition) is 3. The molecule has 4 nitrogen and oxygen atoms in total. The lowest BCUT2D eigenvalue weighted by Gasteiger charge is -2.09. The summed E-state index contributed by atoms with van der Waals surface area (Å²) in [6.07, 6.45) is 0. The number of rotatable bonds is 5. The Morgan fingerprint density at radius 1 is 0.760 bits per heavy atom. The lowest BCUT2D eigenvalue weighted by Crippen LogP contribution is -2.14. The summed E-state index contributed by atoms with van der Waals surface area (Å²) in [5.74, 6) is -0.991. The van der Waals surface area contributed by atoms with Gasteiger partial charge in [-0.1, -0.05) is 42.5 Å². The number of halogens is 1. The number of carbonyl (C=O) groups excluding carboxylic acids is 1. The van der Waals surface area contributed by atoms with E-state index in [-0.39, 0.29) is 11.5 Å². The molecule has 0 aliphatic heterocycles. The van der Waals surface area contributed by atoms with Crippen molar-refractivity contribution in [2.45, 2.75) is 4.90 Å². The molecule has 0 heterocycles. The van der Waals surface area contributed by atoms with Crippen LogP contribution in [0.1, 0.15) is 15.9 Å². The maximum atomic E-state index is 13.7. The van der Waals surface area contributed by atoms with Crippen LogP contribution in [0.3, 0.4) is 0 Å². The first-order valence-electron chi connectivity index (χ1n) is 7.44. The highest BCUT2D eigenvalue weighted by Gasteiger charge is 2.18. The lowest BCUT2D eigenvalue weighted by molar-refractivity contribution is 0.103. The van der Waals surface area contributed by atoms with E-state index < -0.39 is 20.7 Å². The molecule has 25 heavy (non-hydrogen) atoms. The van der Waals surface area contributed by atoms with E-state index >= 15 is 0 Å². The maximum Gasteiger partial charge on any atom is 0.264 e. The first-order chi connectivity index (χ1) is 12.0. The molecule has 0 saturated heterocycles. The van der Waals surface area contributed by atoms with Gasteiger partial charge in [0.25, 0.3) is 10.0 Å². The van der Waals surface area contributed by atoms with Gasteiger partial charge in [0.15, 0.2) is 5.78 Å². The van der Waals surface area contributed by atoms with Crippen LogP contribution in [0.2, 0.25) is 0 Å². The van der Waals surface area contributed by atoms with E-state index in [2.05, 4.69) is 4.72 Å². The third kappa shape index (κ3) is 3.75. The minimum absolute atomic E-state index is 0.163. The van der Waals surface area contributed by atoms with Crippen LogP contribution in [0.4, 0.5) is 10.1 Å². The summed E-state index contributed by atoms with van der Waals surface area (Å²) in [4.78, 5) is 11.9. The molecule has 0 aromatic heterocycles.